The monoisotopic (exact) mass is 332 g/mol. The van der Waals surface area contributed by atoms with Crippen LogP contribution in [0.15, 0.2) is 0 Å². The van der Waals surface area contributed by atoms with Crippen LogP contribution in [0.2, 0.25) is 0 Å². The van der Waals surface area contributed by atoms with Crippen LogP contribution < -0.4 is 0 Å². The second kappa shape index (κ2) is 6.07. The highest BCUT2D eigenvalue weighted by molar-refractivity contribution is 5.86. The maximum Gasteiger partial charge on any atom is 0.139 e. The summed E-state index contributed by atoms with van der Waals surface area (Å²) >= 11 is 0. The maximum absolute atomic E-state index is 12.8. The van der Waals surface area contributed by atoms with Gasteiger partial charge in [-0.05, 0) is 75.5 Å². The van der Waals surface area contributed by atoms with Gasteiger partial charge in [-0.25, -0.2) is 0 Å². The Bertz CT molecular complexity index is 565. The molecule has 0 aliphatic heterocycles. The molecule has 0 saturated heterocycles. The van der Waals surface area contributed by atoms with Crippen molar-refractivity contribution >= 4 is 17.3 Å². The van der Waals surface area contributed by atoms with Crippen LogP contribution in [0.4, 0.5) is 0 Å². The highest BCUT2D eigenvalue weighted by atomic mass is 16.1. The van der Waals surface area contributed by atoms with Gasteiger partial charge >= 0.3 is 0 Å². The Morgan fingerprint density at radius 1 is 1.04 bits per heavy atom. The fraction of sp³-hybridized carbons (Fsp3) is 0.857. The zero-order valence-corrected chi connectivity index (χ0v) is 15.7. The lowest BCUT2D eigenvalue weighted by Gasteiger charge is -2.55. The largest absolute Gasteiger partial charge is 0.300 e. The van der Waals surface area contributed by atoms with Crippen molar-refractivity contribution in [3.8, 4) is 0 Å². The van der Waals surface area contributed by atoms with Crippen LogP contribution >= 0.6 is 0 Å². The highest BCUT2D eigenvalue weighted by Crippen LogP contribution is 2.64. The molecule has 0 unspecified atom stereocenters. The van der Waals surface area contributed by atoms with Gasteiger partial charge in [-0.3, -0.25) is 9.59 Å². The molecule has 3 heteroatoms. The van der Waals surface area contributed by atoms with E-state index < -0.39 is 0 Å². The minimum atomic E-state index is -0.329. The van der Waals surface area contributed by atoms with Crippen LogP contribution in [0, 0.1) is 34.5 Å². The Kier molecular flexibility index (Phi) is 4.51. The van der Waals surface area contributed by atoms with Crippen molar-refractivity contribution in [3.63, 3.8) is 0 Å². The van der Waals surface area contributed by atoms with E-state index in [0.29, 0.717) is 48.6 Å². The van der Waals surface area contributed by atoms with Gasteiger partial charge in [-0.1, -0.05) is 13.8 Å². The molecule has 0 aromatic rings. The molecule has 6 atom stereocenters. The minimum absolute atomic E-state index is 0.134. The standard InChI is InChI=1S/C21H32O3/c1-13(22)9-11-21(4)18-10-12-20(3)16(14(2)23)6-7-17(20)15(18)5-8-19(21)24/h15-18H,5-12H2,1-4H3/t15-,16+,17-,18-,20+,21+/m1/s1. The number of carbonyl (C=O) groups excluding carboxylic acids is 3. The van der Waals surface area contributed by atoms with Gasteiger partial charge in [0.15, 0.2) is 0 Å². The van der Waals surface area contributed by atoms with E-state index in [4.69, 9.17) is 0 Å². The number of hydrogen-bond donors (Lipinski definition) is 0. The second-order valence-corrected chi connectivity index (χ2v) is 9.24. The third-order valence-corrected chi connectivity index (χ3v) is 8.08. The number of ketones is 3. The normalized spacial score (nSPS) is 44.8. The van der Waals surface area contributed by atoms with Gasteiger partial charge in [-0.15, -0.1) is 0 Å². The van der Waals surface area contributed by atoms with E-state index >= 15 is 0 Å². The molecular weight excluding hydrogens is 300 g/mol. The molecule has 0 N–H and O–H groups in total. The molecule has 3 aliphatic rings. The lowest BCUT2D eigenvalue weighted by molar-refractivity contribution is -0.148. The summed E-state index contributed by atoms with van der Waals surface area (Å²) in [5.41, 5.74) is -0.195. The topological polar surface area (TPSA) is 51.2 Å². The molecule has 24 heavy (non-hydrogen) atoms. The maximum atomic E-state index is 12.8. The second-order valence-electron chi connectivity index (χ2n) is 9.24. The Morgan fingerprint density at radius 2 is 1.75 bits per heavy atom. The molecule has 0 bridgehead atoms. The fourth-order valence-corrected chi connectivity index (χ4v) is 6.70. The Morgan fingerprint density at radius 3 is 2.38 bits per heavy atom. The molecular formula is C21H32O3. The average Bonchev–Trinajstić information content (AvgIpc) is 2.86. The summed E-state index contributed by atoms with van der Waals surface area (Å²) in [5, 5.41) is 0. The minimum Gasteiger partial charge on any atom is -0.300 e. The quantitative estimate of drug-likeness (QED) is 0.768. The number of fused-ring (bicyclic) bond motifs is 3. The first-order chi connectivity index (χ1) is 11.2. The van der Waals surface area contributed by atoms with Crippen LogP contribution in [0.3, 0.4) is 0 Å². The summed E-state index contributed by atoms with van der Waals surface area (Å²) < 4.78 is 0. The van der Waals surface area contributed by atoms with Crippen molar-refractivity contribution in [2.45, 2.75) is 79.1 Å². The Labute approximate surface area is 146 Å². The molecule has 0 spiro atoms. The van der Waals surface area contributed by atoms with Crippen molar-refractivity contribution in [2.75, 3.05) is 0 Å². The summed E-state index contributed by atoms with van der Waals surface area (Å²) in [6, 6.07) is 0. The molecule has 0 radical (unpaired) electrons. The first-order valence-corrected chi connectivity index (χ1v) is 9.73. The van der Waals surface area contributed by atoms with Crippen LogP contribution in [-0.2, 0) is 14.4 Å². The SMILES string of the molecule is CC(=O)CC[C@]1(C)C(=O)CC[C@@H]2[C@H]3CC[C@@H](C(C)=O)[C@]3(C)CC[C@H]21. The third-order valence-electron chi connectivity index (χ3n) is 8.08. The van der Waals surface area contributed by atoms with Gasteiger partial charge in [0, 0.05) is 24.2 Å². The molecule has 134 valence electrons. The van der Waals surface area contributed by atoms with E-state index in [1.54, 1.807) is 13.8 Å². The van der Waals surface area contributed by atoms with Crippen molar-refractivity contribution in [3.05, 3.63) is 0 Å². The van der Waals surface area contributed by atoms with E-state index in [-0.39, 0.29) is 22.5 Å². The van der Waals surface area contributed by atoms with Crippen LogP contribution in [0.1, 0.15) is 79.1 Å². The van der Waals surface area contributed by atoms with Crippen molar-refractivity contribution < 1.29 is 14.4 Å². The van der Waals surface area contributed by atoms with Crippen molar-refractivity contribution in [1.29, 1.82) is 0 Å². The van der Waals surface area contributed by atoms with E-state index in [2.05, 4.69) is 13.8 Å². The van der Waals surface area contributed by atoms with E-state index in [1.165, 1.54) is 0 Å². The summed E-state index contributed by atoms with van der Waals surface area (Å²) in [6.07, 6.45) is 7.15. The van der Waals surface area contributed by atoms with Crippen molar-refractivity contribution in [2.24, 2.45) is 34.5 Å². The first-order valence-electron chi connectivity index (χ1n) is 9.73. The third kappa shape index (κ3) is 2.59. The molecule has 0 aromatic heterocycles. The van der Waals surface area contributed by atoms with E-state index in [1.807, 2.05) is 0 Å². The Balaban J connectivity index is 1.87. The lowest BCUT2D eigenvalue weighted by atomic mass is 9.48. The molecule has 3 fully saturated rings. The zero-order valence-electron chi connectivity index (χ0n) is 15.7. The summed E-state index contributed by atoms with van der Waals surface area (Å²) in [6.45, 7) is 7.83. The summed E-state index contributed by atoms with van der Waals surface area (Å²) in [5.74, 6) is 2.66. The predicted molar refractivity (Wildman–Crippen MR) is 93.5 cm³/mol. The van der Waals surface area contributed by atoms with E-state index in [9.17, 15) is 14.4 Å². The number of Topliss-reactive ketones (excluding diaryl/α,β-unsaturated/α-hetero) is 3. The molecule has 3 aliphatic carbocycles. The molecule has 0 heterocycles. The molecule has 3 nitrogen and oxygen atoms in total. The Hall–Kier alpha value is -0.990. The smallest absolute Gasteiger partial charge is 0.139 e. The molecule has 3 saturated carbocycles. The fourth-order valence-electron chi connectivity index (χ4n) is 6.70. The predicted octanol–water partition coefficient (Wildman–Crippen LogP) is 4.37. The van der Waals surface area contributed by atoms with Gasteiger partial charge in [0.2, 0.25) is 0 Å². The number of hydrogen-bond acceptors (Lipinski definition) is 3. The van der Waals surface area contributed by atoms with Gasteiger partial charge in [0.05, 0.1) is 0 Å². The van der Waals surface area contributed by atoms with Gasteiger partial charge in [-0.2, -0.15) is 0 Å². The summed E-state index contributed by atoms with van der Waals surface area (Å²) in [4.78, 5) is 36.4. The van der Waals surface area contributed by atoms with Crippen LogP contribution in [0.5, 0.6) is 0 Å². The van der Waals surface area contributed by atoms with E-state index in [0.717, 1.165) is 32.1 Å². The number of carbonyl (C=O) groups is 3. The highest BCUT2D eigenvalue weighted by Gasteiger charge is 2.60. The zero-order chi connectivity index (χ0) is 17.7. The number of rotatable bonds is 4. The van der Waals surface area contributed by atoms with Gasteiger partial charge in [0.25, 0.3) is 0 Å². The van der Waals surface area contributed by atoms with Crippen LogP contribution in [0.25, 0.3) is 0 Å². The molecule has 0 aromatic carbocycles. The van der Waals surface area contributed by atoms with Gasteiger partial charge in [0.1, 0.15) is 17.3 Å². The average molecular weight is 332 g/mol. The summed E-state index contributed by atoms with van der Waals surface area (Å²) in [7, 11) is 0. The first kappa shape index (κ1) is 17.8. The van der Waals surface area contributed by atoms with Crippen LogP contribution in [-0.4, -0.2) is 17.3 Å². The molecule has 3 rings (SSSR count). The van der Waals surface area contributed by atoms with Crippen molar-refractivity contribution in [1.82, 2.24) is 0 Å². The van der Waals surface area contributed by atoms with Gasteiger partial charge < -0.3 is 4.79 Å². The molecule has 0 amide bonds. The lowest BCUT2D eigenvalue weighted by Crippen LogP contribution is -2.52.